The molecule has 0 aliphatic heterocycles. The smallest absolute Gasteiger partial charge is 0.125 e. The van der Waals surface area contributed by atoms with E-state index in [4.69, 9.17) is 9.15 Å². The molecule has 90 valence electrons. The summed E-state index contributed by atoms with van der Waals surface area (Å²) in [5.41, 5.74) is 1.03. The van der Waals surface area contributed by atoms with Crippen LogP contribution in [0.5, 0.6) is 5.75 Å². The minimum atomic E-state index is 0.141. The highest BCUT2D eigenvalue weighted by atomic mass is 16.5. The maximum absolute atomic E-state index is 5.46. The van der Waals surface area contributed by atoms with Crippen LogP contribution in [-0.2, 0) is 0 Å². The lowest BCUT2D eigenvalue weighted by atomic mass is 10.2. The maximum atomic E-state index is 5.46. The molecule has 2 rings (SSSR count). The molecule has 0 aliphatic carbocycles. The number of furan rings is 1. The molecule has 2 aromatic rings. The van der Waals surface area contributed by atoms with Gasteiger partial charge in [-0.05, 0) is 38.1 Å². The zero-order valence-corrected chi connectivity index (χ0v) is 10.1. The average Bonchev–Trinajstić information content (AvgIpc) is 2.83. The van der Waals surface area contributed by atoms with Crippen LogP contribution in [0.1, 0.15) is 25.6 Å². The Balaban J connectivity index is 2.05. The molecular formula is C14H17NO2. The fraction of sp³-hybridized carbons (Fsp3) is 0.286. The van der Waals surface area contributed by atoms with Crippen molar-refractivity contribution in [2.75, 3.05) is 11.9 Å². The summed E-state index contributed by atoms with van der Waals surface area (Å²) in [6, 6.07) is 11.9. The van der Waals surface area contributed by atoms with Crippen LogP contribution in [-0.4, -0.2) is 6.61 Å². The van der Waals surface area contributed by atoms with E-state index in [0.717, 1.165) is 17.2 Å². The van der Waals surface area contributed by atoms with E-state index in [2.05, 4.69) is 12.2 Å². The topological polar surface area (TPSA) is 34.4 Å². The lowest BCUT2D eigenvalue weighted by Gasteiger charge is -2.13. The predicted molar refractivity (Wildman–Crippen MR) is 68.4 cm³/mol. The van der Waals surface area contributed by atoms with Crippen molar-refractivity contribution in [3.05, 3.63) is 48.4 Å². The van der Waals surface area contributed by atoms with Gasteiger partial charge in [0.1, 0.15) is 11.5 Å². The Hall–Kier alpha value is -1.90. The largest absolute Gasteiger partial charge is 0.494 e. The van der Waals surface area contributed by atoms with Crippen LogP contribution >= 0.6 is 0 Å². The maximum Gasteiger partial charge on any atom is 0.125 e. The van der Waals surface area contributed by atoms with Crippen molar-refractivity contribution < 1.29 is 9.15 Å². The van der Waals surface area contributed by atoms with Gasteiger partial charge in [-0.15, -0.1) is 0 Å². The van der Waals surface area contributed by atoms with Crippen LogP contribution in [0, 0.1) is 0 Å². The first-order valence-electron chi connectivity index (χ1n) is 5.82. The molecule has 0 aliphatic rings. The summed E-state index contributed by atoms with van der Waals surface area (Å²) in [5, 5.41) is 3.37. The molecule has 0 radical (unpaired) electrons. The standard InChI is InChI=1S/C14H17NO2/c1-3-16-13-7-4-6-12(10-13)15-11(2)14-8-5-9-17-14/h4-11,15H,3H2,1-2H3. The van der Waals surface area contributed by atoms with Gasteiger partial charge in [0.25, 0.3) is 0 Å². The minimum absolute atomic E-state index is 0.141. The molecule has 1 unspecified atom stereocenters. The van der Waals surface area contributed by atoms with Crippen molar-refractivity contribution >= 4 is 5.69 Å². The van der Waals surface area contributed by atoms with Crippen LogP contribution < -0.4 is 10.1 Å². The normalized spacial score (nSPS) is 12.1. The number of hydrogen-bond donors (Lipinski definition) is 1. The fourth-order valence-electron chi connectivity index (χ4n) is 1.70. The van der Waals surface area contributed by atoms with Crippen molar-refractivity contribution in [2.24, 2.45) is 0 Å². The molecule has 0 spiro atoms. The first kappa shape index (κ1) is 11.6. The van der Waals surface area contributed by atoms with Gasteiger partial charge in [0.15, 0.2) is 0 Å². The Morgan fingerprint density at radius 1 is 1.29 bits per heavy atom. The summed E-state index contributed by atoms with van der Waals surface area (Å²) < 4.78 is 10.8. The number of benzene rings is 1. The fourth-order valence-corrected chi connectivity index (χ4v) is 1.70. The molecule has 17 heavy (non-hydrogen) atoms. The zero-order chi connectivity index (χ0) is 12.1. The number of rotatable bonds is 5. The second-order valence-electron chi connectivity index (χ2n) is 3.84. The summed E-state index contributed by atoms with van der Waals surface area (Å²) in [6.45, 7) is 4.72. The van der Waals surface area contributed by atoms with Crippen molar-refractivity contribution in [3.8, 4) is 5.75 Å². The third-order valence-corrected chi connectivity index (χ3v) is 2.50. The highest BCUT2D eigenvalue weighted by Gasteiger charge is 2.07. The second-order valence-corrected chi connectivity index (χ2v) is 3.84. The van der Waals surface area contributed by atoms with E-state index in [1.165, 1.54) is 0 Å². The predicted octanol–water partition coefficient (Wildman–Crippen LogP) is 3.85. The molecule has 0 saturated heterocycles. The Kier molecular flexibility index (Phi) is 3.70. The number of anilines is 1. The van der Waals surface area contributed by atoms with Crippen molar-refractivity contribution in [2.45, 2.75) is 19.9 Å². The third-order valence-electron chi connectivity index (χ3n) is 2.50. The van der Waals surface area contributed by atoms with E-state index in [0.29, 0.717) is 6.61 Å². The summed E-state index contributed by atoms with van der Waals surface area (Å²) in [4.78, 5) is 0. The van der Waals surface area contributed by atoms with E-state index in [1.54, 1.807) is 6.26 Å². The van der Waals surface area contributed by atoms with Gasteiger partial charge in [0.2, 0.25) is 0 Å². The summed E-state index contributed by atoms with van der Waals surface area (Å²) in [6.07, 6.45) is 1.68. The Labute approximate surface area is 101 Å². The van der Waals surface area contributed by atoms with E-state index in [9.17, 15) is 0 Å². The van der Waals surface area contributed by atoms with Crippen molar-refractivity contribution in [3.63, 3.8) is 0 Å². The summed E-state index contributed by atoms with van der Waals surface area (Å²) in [5.74, 6) is 1.80. The van der Waals surface area contributed by atoms with Crippen LogP contribution in [0.15, 0.2) is 47.1 Å². The molecule has 0 saturated carbocycles. The molecule has 3 heteroatoms. The molecule has 0 fully saturated rings. The molecule has 0 bridgehead atoms. The van der Waals surface area contributed by atoms with Crippen LogP contribution in [0.4, 0.5) is 5.69 Å². The lowest BCUT2D eigenvalue weighted by molar-refractivity contribution is 0.340. The van der Waals surface area contributed by atoms with Gasteiger partial charge >= 0.3 is 0 Å². The molecule has 1 aromatic heterocycles. The molecule has 0 amide bonds. The molecule has 1 atom stereocenters. The quantitative estimate of drug-likeness (QED) is 0.848. The van der Waals surface area contributed by atoms with Crippen LogP contribution in [0.3, 0.4) is 0 Å². The van der Waals surface area contributed by atoms with Gasteiger partial charge in [-0.25, -0.2) is 0 Å². The van der Waals surface area contributed by atoms with Crippen LogP contribution in [0.2, 0.25) is 0 Å². The third kappa shape index (κ3) is 3.03. The Morgan fingerprint density at radius 2 is 2.18 bits per heavy atom. The molecular weight excluding hydrogens is 214 g/mol. The zero-order valence-electron chi connectivity index (χ0n) is 10.1. The van der Waals surface area contributed by atoms with Crippen molar-refractivity contribution in [1.82, 2.24) is 0 Å². The van der Waals surface area contributed by atoms with Gasteiger partial charge in [-0.3, -0.25) is 0 Å². The SMILES string of the molecule is CCOc1cccc(NC(C)c2ccco2)c1. The van der Waals surface area contributed by atoms with Crippen molar-refractivity contribution in [1.29, 1.82) is 0 Å². The average molecular weight is 231 g/mol. The van der Waals surface area contributed by atoms with E-state index >= 15 is 0 Å². The van der Waals surface area contributed by atoms with Gasteiger partial charge < -0.3 is 14.5 Å². The van der Waals surface area contributed by atoms with Gasteiger partial charge in [-0.1, -0.05) is 6.07 Å². The summed E-state index contributed by atoms with van der Waals surface area (Å²) in [7, 11) is 0. The first-order valence-corrected chi connectivity index (χ1v) is 5.82. The van der Waals surface area contributed by atoms with E-state index < -0.39 is 0 Å². The number of nitrogens with one attached hydrogen (secondary N) is 1. The second kappa shape index (κ2) is 5.43. The monoisotopic (exact) mass is 231 g/mol. The Morgan fingerprint density at radius 3 is 2.88 bits per heavy atom. The van der Waals surface area contributed by atoms with E-state index in [1.807, 2.05) is 43.3 Å². The molecule has 1 aromatic carbocycles. The summed E-state index contributed by atoms with van der Waals surface area (Å²) >= 11 is 0. The number of ether oxygens (including phenoxy) is 1. The minimum Gasteiger partial charge on any atom is -0.494 e. The molecule has 3 nitrogen and oxygen atoms in total. The first-order chi connectivity index (χ1) is 8.29. The highest BCUT2D eigenvalue weighted by Crippen LogP contribution is 2.22. The number of hydrogen-bond acceptors (Lipinski definition) is 3. The van der Waals surface area contributed by atoms with Gasteiger partial charge in [-0.2, -0.15) is 0 Å². The van der Waals surface area contributed by atoms with Gasteiger partial charge in [0.05, 0.1) is 18.9 Å². The van der Waals surface area contributed by atoms with Crippen LogP contribution in [0.25, 0.3) is 0 Å². The molecule has 1 N–H and O–H groups in total. The lowest BCUT2D eigenvalue weighted by Crippen LogP contribution is -2.05. The highest BCUT2D eigenvalue weighted by molar-refractivity contribution is 5.49. The van der Waals surface area contributed by atoms with Gasteiger partial charge in [0, 0.05) is 11.8 Å². The molecule has 1 heterocycles. The van der Waals surface area contributed by atoms with E-state index in [-0.39, 0.29) is 6.04 Å². The Bertz CT molecular complexity index is 451.